The van der Waals surface area contributed by atoms with E-state index < -0.39 is 0 Å². The minimum absolute atomic E-state index is 0.327. The van der Waals surface area contributed by atoms with Crippen molar-refractivity contribution in [1.82, 2.24) is 9.97 Å². The van der Waals surface area contributed by atoms with Crippen molar-refractivity contribution in [3.63, 3.8) is 0 Å². The number of anilines is 2. The lowest BCUT2D eigenvalue weighted by Gasteiger charge is -2.33. The maximum absolute atomic E-state index is 6.10. The second kappa shape index (κ2) is 8.36. The molecule has 0 unspecified atom stereocenters. The van der Waals surface area contributed by atoms with E-state index >= 15 is 0 Å². The van der Waals surface area contributed by atoms with Crippen molar-refractivity contribution in [3.05, 3.63) is 11.5 Å². The van der Waals surface area contributed by atoms with E-state index in [-0.39, 0.29) is 0 Å². The van der Waals surface area contributed by atoms with Crippen molar-refractivity contribution in [2.75, 3.05) is 50.7 Å². The molecule has 0 bridgehead atoms. The fourth-order valence-corrected chi connectivity index (χ4v) is 2.72. The second-order valence-electron chi connectivity index (χ2n) is 5.02. The van der Waals surface area contributed by atoms with E-state index in [1.807, 2.05) is 7.05 Å². The highest BCUT2D eigenvalue weighted by Crippen LogP contribution is 2.30. The van der Waals surface area contributed by atoms with Crippen molar-refractivity contribution in [2.45, 2.75) is 25.4 Å². The lowest BCUT2D eigenvalue weighted by atomic mass is 10.1. The van der Waals surface area contributed by atoms with E-state index in [1.165, 1.54) is 6.33 Å². The maximum Gasteiger partial charge on any atom is 0.157 e. The zero-order valence-corrected chi connectivity index (χ0v) is 13.4. The number of hydrogen-bond acceptors (Lipinski definition) is 6. The smallest absolute Gasteiger partial charge is 0.157 e. The van der Waals surface area contributed by atoms with Crippen LogP contribution in [0, 0.1) is 0 Å². The molecule has 6 nitrogen and oxygen atoms in total. The number of halogens is 1. The monoisotopic (exact) mass is 314 g/mol. The summed E-state index contributed by atoms with van der Waals surface area (Å²) in [7, 11) is 3.55. The first-order valence-corrected chi connectivity index (χ1v) is 7.67. The average Bonchev–Trinajstić information content (AvgIpc) is 2.52. The Morgan fingerprint density at radius 2 is 2.10 bits per heavy atom. The normalized spacial score (nSPS) is 16.2. The summed E-state index contributed by atoms with van der Waals surface area (Å²) in [5.74, 6) is 0.871. The van der Waals surface area contributed by atoms with Crippen molar-refractivity contribution in [3.8, 4) is 0 Å². The predicted molar refractivity (Wildman–Crippen MR) is 84.3 cm³/mol. The van der Waals surface area contributed by atoms with Crippen molar-refractivity contribution in [1.29, 1.82) is 0 Å². The van der Waals surface area contributed by atoms with E-state index in [1.54, 1.807) is 7.11 Å². The van der Waals surface area contributed by atoms with E-state index in [4.69, 9.17) is 21.1 Å². The van der Waals surface area contributed by atoms with Gasteiger partial charge in [-0.3, -0.25) is 0 Å². The van der Waals surface area contributed by atoms with Gasteiger partial charge in [-0.15, -0.1) is 0 Å². The molecule has 0 radical (unpaired) electrons. The fourth-order valence-electron chi connectivity index (χ4n) is 2.50. The van der Waals surface area contributed by atoms with Gasteiger partial charge in [-0.1, -0.05) is 11.6 Å². The van der Waals surface area contributed by atoms with E-state index in [9.17, 15) is 0 Å². The summed E-state index contributed by atoms with van der Waals surface area (Å²) < 4.78 is 10.9. The van der Waals surface area contributed by atoms with Crippen LogP contribution in [0.2, 0.25) is 5.15 Å². The number of methoxy groups -OCH3 is 1. The van der Waals surface area contributed by atoms with Gasteiger partial charge in [0.2, 0.25) is 0 Å². The Bertz CT molecular complexity index is 439. The highest BCUT2D eigenvalue weighted by atomic mass is 35.5. The van der Waals surface area contributed by atoms with Gasteiger partial charge in [-0.05, 0) is 19.3 Å². The largest absolute Gasteiger partial charge is 0.385 e. The molecule has 1 aromatic rings. The van der Waals surface area contributed by atoms with Gasteiger partial charge in [0.1, 0.15) is 12.0 Å². The van der Waals surface area contributed by atoms with Crippen molar-refractivity contribution >= 4 is 23.1 Å². The Kier molecular flexibility index (Phi) is 6.48. The molecule has 1 fully saturated rings. The average molecular weight is 315 g/mol. The lowest BCUT2D eigenvalue weighted by molar-refractivity contribution is 0.0257. The first-order valence-electron chi connectivity index (χ1n) is 7.30. The molecule has 0 spiro atoms. The highest BCUT2D eigenvalue weighted by molar-refractivity contribution is 6.32. The van der Waals surface area contributed by atoms with Gasteiger partial charge in [-0.25, -0.2) is 9.97 Å². The first-order chi connectivity index (χ1) is 10.3. The van der Waals surface area contributed by atoms with Crippen LogP contribution in [-0.4, -0.2) is 56.5 Å². The van der Waals surface area contributed by atoms with Crippen LogP contribution in [0.3, 0.4) is 0 Å². The van der Waals surface area contributed by atoms with Gasteiger partial charge in [0, 0.05) is 40.5 Å². The van der Waals surface area contributed by atoms with Crippen LogP contribution in [0.1, 0.15) is 19.3 Å². The number of piperidine rings is 1. The molecule has 1 saturated heterocycles. The van der Waals surface area contributed by atoms with Gasteiger partial charge in [0.15, 0.2) is 11.0 Å². The topological polar surface area (TPSA) is 59.5 Å². The Morgan fingerprint density at radius 1 is 1.33 bits per heavy atom. The van der Waals surface area contributed by atoms with Gasteiger partial charge < -0.3 is 19.7 Å². The number of ether oxygens (including phenoxy) is 2. The molecule has 7 heteroatoms. The quantitative estimate of drug-likeness (QED) is 0.615. The number of nitrogens with one attached hydrogen (secondary N) is 1. The second-order valence-corrected chi connectivity index (χ2v) is 5.37. The third kappa shape index (κ3) is 4.43. The van der Waals surface area contributed by atoms with Gasteiger partial charge >= 0.3 is 0 Å². The zero-order chi connectivity index (χ0) is 15.1. The number of nitrogens with zero attached hydrogens (tertiary/aromatic N) is 3. The maximum atomic E-state index is 6.10. The molecule has 0 aromatic carbocycles. The Balaban J connectivity index is 1.85. The molecule has 21 heavy (non-hydrogen) atoms. The highest BCUT2D eigenvalue weighted by Gasteiger charge is 2.23. The third-order valence-electron chi connectivity index (χ3n) is 3.62. The summed E-state index contributed by atoms with van der Waals surface area (Å²) in [4.78, 5) is 10.6. The fraction of sp³-hybridized carbons (Fsp3) is 0.714. The summed E-state index contributed by atoms with van der Waals surface area (Å²) in [6, 6.07) is 0. The minimum atomic E-state index is 0.327. The Labute approximate surface area is 130 Å². The number of rotatable bonds is 7. The Hall–Kier alpha value is -1.11. The summed E-state index contributed by atoms with van der Waals surface area (Å²) >= 11 is 6.10. The van der Waals surface area contributed by atoms with Gasteiger partial charge in [-0.2, -0.15) is 0 Å². The van der Waals surface area contributed by atoms with Crippen molar-refractivity contribution < 1.29 is 9.47 Å². The van der Waals surface area contributed by atoms with Gasteiger partial charge in [0.25, 0.3) is 0 Å². The molecule has 118 valence electrons. The standard InChI is InChI=1S/C14H23ClN4O2/c1-16-12-13(15)17-10-18-14(12)19-6-4-11(5-7-19)21-9-3-8-20-2/h10-11,16H,3-9H2,1-2H3. The predicted octanol–water partition coefficient (Wildman–Crippen LogP) is 2.19. The molecule has 1 N–H and O–H groups in total. The molecule has 0 aliphatic carbocycles. The van der Waals surface area contributed by atoms with E-state index in [2.05, 4.69) is 20.2 Å². The molecule has 0 atom stereocenters. The van der Waals surface area contributed by atoms with Gasteiger partial charge in [0.05, 0.1) is 6.10 Å². The number of hydrogen-bond donors (Lipinski definition) is 1. The third-order valence-corrected chi connectivity index (χ3v) is 3.91. The summed E-state index contributed by atoms with van der Waals surface area (Å²) in [5, 5.41) is 3.54. The van der Waals surface area contributed by atoms with Crippen LogP contribution in [-0.2, 0) is 9.47 Å². The molecule has 1 aromatic heterocycles. The van der Waals surface area contributed by atoms with E-state index in [0.717, 1.165) is 57.1 Å². The van der Waals surface area contributed by atoms with Crippen LogP contribution in [0.5, 0.6) is 0 Å². The zero-order valence-electron chi connectivity index (χ0n) is 12.6. The summed E-state index contributed by atoms with van der Waals surface area (Å²) in [6.45, 7) is 3.34. The molecule has 0 saturated carbocycles. The van der Waals surface area contributed by atoms with Crippen LogP contribution in [0.4, 0.5) is 11.5 Å². The Morgan fingerprint density at radius 3 is 2.76 bits per heavy atom. The van der Waals surface area contributed by atoms with Crippen LogP contribution in [0.25, 0.3) is 0 Å². The molecule has 2 heterocycles. The molecule has 1 aliphatic rings. The molecular formula is C14H23ClN4O2. The number of aromatic nitrogens is 2. The summed E-state index contributed by atoms with van der Waals surface area (Å²) in [6.07, 6.45) is 4.78. The van der Waals surface area contributed by atoms with Crippen LogP contribution in [0.15, 0.2) is 6.33 Å². The molecule has 0 amide bonds. The molecule has 2 rings (SSSR count). The summed E-state index contributed by atoms with van der Waals surface area (Å²) in [5.41, 5.74) is 0.790. The lowest BCUT2D eigenvalue weighted by Crippen LogP contribution is -2.38. The van der Waals surface area contributed by atoms with Crippen molar-refractivity contribution in [2.24, 2.45) is 0 Å². The first kappa shape index (κ1) is 16.3. The molecule has 1 aliphatic heterocycles. The molecular weight excluding hydrogens is 292 g/mol. The minimum Gasteiger partial charge on any atom is -0.385 e. The van der Waals surface area contributed by atoms with Crippen LogP contribution >= 0.6 is 11.6 Å². The van der Waals surface area contributed by atoms with E-state index in [0.29, 0.717) is 11.3 Å². The SMILES string of the molecule is CNc1c(Cl)ncnc1N1CCC(OCCCOC)CC1. The van der Waals surface area contributed by atoms with Crippen LogP contribution < -0.4 is 10.2 Å².